The second kappa shape index (κ2) is 3.94. The van der Waals surface area contributed by atoms with Crippen LogP contribution in [0.4, 0.5) is 5.82 Å². The number of hydrogen-bond donors (Lipinski definition) is 2. The molecule has 1 aromatic rings. The third-order valence-electron chi connectivity index (χ3n) is 1.79. The van der Waals surface area contributed by atoms with Crippen LogP contribution in [-0.2, 0) is 4.79 Å². The van der Waals surface area contributed by atoms with Gasteiger partial charge in [-0.25, -0.2) is 9.97 Å². The minimum atomic E-state index is -0.910. The average Bonchev–Trinajstić information content (AvgIpc) is 1.99. The van der Waals surface area contributed by atoms with E-state index in [9.17, 15) is 4.79 Å². The molecule has 82 valence electrons. The van der Waals surface area contributed by atoms with E-state index in [0.717, 1.165) is 5.69 Å². The van der Waals surface area contributed by atoms with Crippen LogP contribution in [0.2, 0.25) is 0 Å². The largest absolute Gasteiger partial charge is 0.318 e. The van der Waals surface area contributed by atoms with Crippen molar-refractivity contribution in [3.8, 4) is 0 Å². The molecule has 3 N–H and O–H groups in total. The lowest BCUT2D eigenvalue weighted by molar-refractivity contribution is -0.120. The fourth-order valence-electron chi connectivity index (χ4n) is 1.06. The molecule has 0 aliphatic heterocycles. The summed E-state index contributed by atoms with van der Waals surface area (Å²) in [6.07, 6.45) is 0. The number of aryl methyl sites for hydroxylation is 2. The average molecular weight is 208 g/mol. The third kappa shape index (κ3) is 3.28. The van der Waals surface area contributed by atoms with Gasteiger partial charge in [-0.1, -0.05) is 0 Å². The molecule has 0 radical (unpaired) electrons. The van der Waals surface area contributed by atoms with Crippen molar-refractivity contribution in [1.82, 2.24) is 9.97 Å². The summed E-state index contributed by atoms with van der Waals surface area (Å²) in [6, 6.07) is 1.70. The van der Waals surface area contributed by atoms with Crippen molar-refractivity contribution in [2.75, 3.05) is 5.32 Å². The van der Waals surface area contributed by atoms with E-state index in [1.165, 1.54) is 0 Å². The first-order chi connectivity index (χ1) is 6.79. The van der Waals surface area contributed by atoms with Crippen molar-refractivity contribution in [2.24, 2.45) is 5.73 Å². The van der Waals surface area contributed by atoms with Crippen molar-refractivity contribution in [3.05, 3.63) is 17.6 Å². The first-order valence-corrected chi connectivity index (χ1v) is 4.71. The quantitative estimate of drug-likeness (QED) is 0.752. The summed E-state index contributed by atoms with van der Waals surface area (Å²) in [5.41, 5.74) is 5.55. The van der Waals surface area contributed by atoms with Gasteiger partial charge in [0.25, 0.3) is 0 Å². The Morgan fingerprint density at radius 2 is 2.00 bits per heavy atom. The molecule has 0 saturated carbocycles. The van der Waals surface area contributed by atoms with Crippen LogP contribution in [0.5, 0.6) is 0 Å². The number of amides is 1. The van der Waals surface area contributed by atoms with E-state index in [1.807, 2.05) is 6.92 Å². The summed E-state index contributed by atoms with van der Waals surface area (Å²) in [7, 11) is 0. The molecule has 0 aromatic carbocycles. The Bertz CT molecular complexity index is 361. The molecule has 0 fully saturated rings. The van der Waals surface area contributed by atoms with Gasteiger partial charge in [-0.05, 0) is 27.7 Å². The second-order valence-electron chi connectivity index (χ2n) is 4.12. The molecule has 5 heteroatoms. The number of nitrogens with two attached hydrogens (primary N) is 1. The molecule has 0 atom stereocenters. The van der Waals surface area contributed by atoms with Crippen LogP contribution in [0.1, 0.15) is 25.4 Å². The van der Waals surface area contributed by atoms with E-state index in [0.29, 0.717) is 11.6 Å². The zero-order chi connectivity index (χ0) is 11.6. The van der Waals surface area contributed by atoms with Crippen LogP contribution in [0.3, 0.4) is 0 Å². The summed E-state index contributed by atoms with van der Waals surface area (Å²) in [5, 5.41) is 2.65. The topological polar surface area (TPSA) is 80.9 Å². The zero-order valence-corrected chi connectivity index (χ0v) is 9.46. The summed E-state index contributed by atoms with van der Waals surface area (Å²) in [4.78, 5) is 19.8. The lowest BCUT2D eigenvalue weighted by Crippen LogP contribution is -2.45. The number of carbonyl (C=O) groups is 1. The molecule has 0 aliphatic carbocycles. The minimum absolute atomic E-state index is 0.264. The van der Waals surface area contributed by atoms with Gasteiger partial charge in [-0.3, -0.25) is 4.79 Å². The van der Waals surface area contributed by atoms with Gasteiger partial charge < -0.3 is 11.1 Å². The Morgan fingerprint density at radius 3 is 2.47 bits per heavy atom. The van der Waals surface area contributed by atoms with Gasteiger partial charge in [0.2, 0.25) is 5.91 Å². The highest BCUT2D eigenvalue weighted by molar-refractivity contribution is 5.96. The number of carbonyl (C=O) groups excluding carboxylic acids is 1. The Labute approximate surface area is 89.1 Å². The maximum Gasteiger partial charge on any atom is 0.245 e. The Balaban J connectivity index is 2.86. The Morgan fingerprint density at radius 1 is 1.40 bits per heavy atom. The second-order valence-corrected chi connectivity index (χ2v) is 4.12. The molecule has 0 bridgehead atoms. The van der Waals surface area contributed by atoms with Crippen LogP contribution < -0.4 is 11.1 Å². The van der Waals surface area contributed by atoms with Crippen molar-refractivity contribution in [2.45, 2.75) is 33.2 Å². The number of anilines is 1. The number of hydrogen-bond acceptors (Lipinski definition) is 4. The summed E-state index contributed by atoms with van der Waals surface area (Å²) in [5.74, 6) is 0.851. The highest BCUT2D eigenvalue weighted by Crippen LogP contribution is 2.08. The summed E-state index contributed by atoms with van der Waals surface area (Å²) in [6.45, 7) is 6.90. The van der Waals surface area contributed by atoms with Crippen molar-refractivity contribution in [1.29, 1.82) is 0 Å². The fraction of sp³-hybridized carbons (Fsp3) is 0.500. The lowest BCUT2D eigenvalue weighted by Gasteiger charge is -2.17. The minimum Gasteiger partial charge on any atom is -0.318 e. The standard InChI is InChI=1S/C10H16N4O/c1-6-5-8(13-7(2)12-6)14-9(15)10(3,4)11/h5H,11H2,1-4H3,(H,12,13,14,15). The van der Waals surface area contributed by atoms with Crippen LogP contribution >= 0.6 is 0 Å². The van der Waals surface area contributed by atoms with Crippen molar-refractivity contribution >= 4 is 11.7 Å². The molecule has 0 spiro atoms. The molecular formula is C10H16N4O. The number of rotatable bonds is 2. The maximum atomic E-state index is 11.6. The molecule has 0 aliphatic rings. The van der Waals surface area contributed by atoms with Crippen LogP contribution in [0, 0.1) is 13.8 Å². The van der Waals surface area contributed by atoms with E-state index in [-0.39, 0.29) is 5.91 Å². The third-order valence-corrected chi connectivity index (χ3v) is 1.79. The molecule has 1 heterocycles. The normalized spacial score (nSPS) is 11.3. The first-order valence-electron chi connectivity index (χ1n) is 4.71. The van der Waals surface area contributed by atoms with E-state index in [1.54, 1.807) is 26.8 Å². The van der Waals surface area contributed by atoms with Gasteiger partial charge in [-0.15, -0.1) is 0 Å². The van der Waals surface area contributed by atoms with Crippen LogP contribution in [0.15, 0.2) is 6.07 Å². The molecule has 0 unspecified atom stereocenters. The predicted octanol–water partition coefficient (Wildman–Crippen LogP) is 0.769. The van der Waals surface area contributed by atoms with Gasteiger partial charge in [0.05, 0.1) is 5.54 Å². The molecule has 1 rings (SSSR count). The van der Waals surface area contributed by atoms with Crippen molar-refractivity contribution < 1.29 is 4.79 Å². The highest BCUT2D eigenvalue weighted by Gasteiger charge is 2.22. The van der Waals surface area contributed by atoms with Gasteiger partial charge >= 0.3 is 0 Å². The molecule has 5 nitrogen and oxygen atoms in total. The predicted molar refractivity (Wildman–Crippen MR) is 58.4 cm³/mol. The molecular weight excluding hydrogens is 192 g/mol. The lowest BCUT2D eigenvalue weighted by atomic mass is 10.1. The number of aromatic nitrogens is 2. The molecule has 1 amide bonds. The highest BCUT2D eigenvalue weighted by atomic mass is 16.2. The van der Waals surface area contributed by atoms with Crippen LogP contribution in [0.25, 0.3) is 0 Å². The van der Waals surface area contributed by atoms with E-state index >= 15 is 0 Å². The smallest absolute Gasteiger partial charge is 0.245 e. The van der Waals surface area contributed by atoms with E-state index < -0.39 is 5.54 Å². The van der Waals surface area contributed by atoms with Crippen molar-refractivity contribution in [3.63, 3.8) is 0 Å². The van der Waals surface area contributed by atoms with Gasteiger partial charge in [0.15, 0.2) is 0 Å². The summed E-state index contributed by atoms with van der Waals surface area (Å²) >= 11 is 0. The van der Waals surface area contributed by atoms with E-state index in [2.05, 4.69) is 15.3 Å². The fourth-order valence-corrected chi connectivity index (χ4v) is 1.06. The Kier molecular flexibility index (Phi) is 3.04. The zero-order valence-electron chi connectivity index (χ0n) is 9.46. The summed E-state index contributed by atoms with van der Waals surface area (Å²) < 4.78 is 0. The molecule has 0 saturated heterocycles. The monoisotopic (exact) mass is 208 g/mol. The number of nitrogens with one attached hydrogen (secondary N) is 1. The molecule has 1 aromatic heterocycles. The molecule has 15 heavy (non-hydrogen) atoms. The van der Waals surface area contributed by atoms with Gasteiger partial charge in [0.1, 0.15) is 11.6 Å². The Hall–Kier alpha value is -1.49. The number of nitrogens with zero attached hydrogens (tertiary/aromatic N) is 2. The maximum absolute atomic E-state index is 11.6. The first kappa shape index (κ1) is 11.6. The van der Waals surface area contributed by atoms with E-state index in [4.69, 9.17) is 5.73 Å². The van der Waals surface area contributed by atoms with Gasteiger partial charge in [0, 0.05) is 11.8 Å². The SMILES string of the molecule is Cc1cc(NC(=O)C(C)(C)N)nc(C)n1. The van der Waals surface area contributed by atoms with Crippen LogP contribution in [-0.4, -0.2) is 21.4 Å². The van der Waals surface area contributed by atoms with Gasteiger partial charge in [-0.2, -0.15) is 0 Å².